The molecule has 0 saturated heterocycles. The van der Waals surface area contributed by atoms with Crippen LogP contribution in [0.3, 0.4) is 0 Å². The molecule has 0 bridgehead atoms. The molecule has 1 N–H and O–H groups in total. The third-order valence-electron chi connectivity index (χ3n) is 3.38. The van der Waals surface area contributed by atoms with Gasteiger partial charge in [0.2, 0.25) is 0 Å². The second kappa shape index (κ2) is 6.86. The first kappa shape index (κ1) is 16.8. The number of benzene rings is 3. The molecule has 25 heavy (non-hydrogen) atoms. The third-order valence-corrected chi connectivity index (χ3v) is 3.87. The van der Waals surface area contributed by atoms with Crippen molar-refractivity contribution in [1.82, 2.24) is 0 Å². The number of nitro groups is 1. The average Bonchev–Trinajstić information content (AvgIpc) is 2.56. The number of hydrogen-bond acceptors (Lipinski definition) is 4. The molecule has 8 heteroatoms. The minimum Gasteiger partial charge on any atom is -0.410 e. The van der Waals surface area contributed by atoms with Crippen molar-refractivity contribution < 1.29 is 18.8 Å². The predicted molar refractivity (Wildman–Crippen MR) is 94.3 cm³/mol. The molecule has 3 rings (SSSR count). The van der Waals surface area contributed by atoms with Crippen LogP contribution in [0.15, 0.2) is 59.1 Å². The van der Waals surface area contributed by atoms with E-state index in [4.69, 9.17) is 4.74 Å². The number of rotatable bonds is 3. The van der Waals surface area contributed by atoms with Gasteiger partial charge in [0, 0.05) is 4.47 Å². The Morgan fingerprint density at radius 1 is 1.08 bits per heavy atom. The maximum Gasteiger partial charge on any atom is 0.417 e. The van der Waals surface area contributed by atoms with Crippen LogP contribution in [-0.4, -0.2) is 11.0 Å². The summed E-state index contributed by atoms with van der Waals surface area (Å²) in [4.78, 5) is 22.1. The lowest BCUT2D eigenvalue weighted by Crippen LogP contribution is -2.17. The Bertz CT molecular complexity index is 994. The zero-order chi connectivity index (χ0) is 18.0. The fraction of sp³-hybridized carbons (Fsp3) is 0. The first-order chi connectivity index (χ1) is 11.9. The molecule has 0 spiro atoms. The molecule has 0 aliphatic heterocycles. The molecule has 0 aliphatic rings. The van der Waals surface area contributed by atoms with Gasteiger partial charge in [-0.25, -0.2) is 9.18 Å². The number of carbonyl (C=O) groups is 1. The minimum atomic E-state index is -0.911. The zero-order valence-electron chi connectivity index (χ0n) is 12.5. The second-order valence-corrected chi connectivity index (χ2v) is 6.00. The van der Waals surface area contributed by atoms with Crippen molar-refractivity contribution in [2.45, 2.75) is 0 Å². The average molecular weight is 405 g/mol. The van der Waals surface area contributed by atoms with Crippen molar-refractivity contribution in [3.63, 3.8) is 0 Å². The number of nitrogens with one attached hydrogen (secondary N) is 1. The summed E-state index contributed by atoms with van der Waals surface area (Å²) >= 11 is 3.37. The fourth-order valence-corrected chi connectivity index (χ4v) is 2.64. The Kier molecular flexibility index (Phi) is 4.62. The lowest BCUT2D eigenvalue weighted by atomic mass is 10.1. The quantitative estimate of drug-likeness (QED) is 0.476. The Hall–Kier alpha value is -3.00. The SMILES string of the molecule is O=C(Nc1ccc(F)cc1[N+](=O)[O-])Oc1ccc2cc(Br)ccc2c1. The van der Waals surface area contributed by atoms with Gasteiger partial charge < -0.3 is 4.74 Å². The van der Waals surface area contributed by atoms with Crippen molar-refractivity contribution >= 4 is 44.2 Å². The lowest BCUT2D eigenvalue weighted by Gasteiger charge is -2.08. The highest BCUT2D eigenvalue weighted by molar-refractivity contribution is 9.10. The highest BCUT2D eigenvalue weighted by Crippen LogP contribution is 2.27. The monoisotopic (exact) mass is 404 g/mol. The molecule has 3 aromatic rings. The van der Waals surface area contributed by atoms with Crippen LogP contribution in [0.25, 0.3) is 10.8 Å². The molecular formula is C17H10BrFN2O4. The summed E-state index contributed by atoms with van der Waals surface area (Å²) in [7, 11) is 0. The molecule has 6 nitrogen and oxygen atoms in total. The van der Waals surface area contributed by atoms with E-state index in [-0.39, 0.29) is 11.4 Å². The molecule has 0 aromatic heterocycles. The smallest absolute Gasteiger partial charge is 0.410 e. The number of halogens is 2. The van der Waals surface area contributed by atoms with E-state index < -0.39 is 22.5 Å². The Morgan fingerprint density at radius 2 is 1.80 bits per heavy atom. The second-order valence-electron chi connectivity index (χ2n) is 5.09. The van der Waals surface area contributed by atoms with Crippen molar-refractivity contribution in [3.8, 4) is 5.75 Å². The molecule has 0 fully saturated rings. The number of carbonyl (C=O) groups excluding carboxylic acids is 1. The van der Waals surface area contributed by atoms with Crippen LogP contribution in [-0.2, 0) is 0 Å². The van der Waals surface area contributed by atoms with Crippen LogP contribution in [0.4, 0.5) is 20.6 Å². The van der Waals surface area contributed by atoms with Gasteiger partial charge in [-0.05, 0) is 47.2 Å². The summed E-state index contributed by atoms with van der Waals surface area (Å²) in [6.45, 7) is 0. The summed E-state index contributed by atoms with van der Waals surface area (Å²) in [5.41, 5.74) is -0.707. The molecule has 126 valence electrons. The molecule has 0 unspecified atom stereocenters. The fourth-order valence-electron chi connectivity index (χ4n) is 2.26. The van der Waals surface area contributed by atoms with Crippen LogP contribution in [0, 0.1) is 15.9 Å². The molecule has 0 heterocycles. The number of nitro benzene ring substituents is 1. The van der Waals surface area contributed by atoms with Crippen LogP contribution >= 0.6 is 15.9 Å². The summed E-state index contributed by atoms with van der Waals surface area (Å²) in [5, 5.41) is 15.0. The molecule has 0 aliphatic carbocycles. The minimum absolute atomic E-state index is 0.152. The predicted octanol–water partition coefficient (Wildman–Crippen LogP) is 5.26. The molecule has 0 atom stereocenters. The summed E-state index contributed by atoms with van der Waals surface area (Å²) in [5.74, 6) is -0.497. The van der Waals surface area contributed by atoms with Crippen molar-refractivity contribution in [3.05, 3.63) is 75.0 Å². The largest absolute Gasteiger partial charge is 0.417 e. The number of fused-ring (bicyclic) bond motifs is 1. The van der Waals surface area contributed by atoms with Gasteiger partial charge in [-0.15, -0.1) is 0 Å². The third kappa shape index (κ3) is 3.92. The lowest BCUT2D eigenvalue weighted by molar-refractivity contribution is -0.384. The highest BCUT2D eigenvalue weighted by atomic mass is 79.9. The standard InChI is InChI=1S/C17H10BrFN2O4/c18-12-3-1-11-8-14(5-2-10(11)7-12)25-17(22)20-15-6-4-13(19)9-16(15)21(23)24/h1-9H,(H,20,22). The summed E-state index contributed by atoms with van der Waals surface area (Å²) in [6.07, 6.45) is -0.911. The summed E-state index contributed by atoms with van der Waals surface area (Å²) < 4.78 is 19.2. The Labute approximate surface area is 149 Å². The van der Waals surface area contributed by atoms with Gasteiger partial charge in [-0.2, -0.15) is 0 Å². The number of ether oxygens (including phenoxy) is 1. The summed E-state index contributed by atoms with van der Waals surface area (Å²) in [6, 6.07) is 13.5. The van der Waals surface area contributed by atoms with Crippen LogP contribution in [0.2, 0.25) is 0 Å². The van der Waals surface area contributed by atoms with Gasteiger partial charge in [-0.1, -0.05) is 28.1 Å². The molecule has 3 aromatic carbocycles. The van der Waals surface area contributed by atoms with Crippen LogP contribution in [0.5, 0.6) is 5.75 Å². The number of nitrogens with zero attached hydrogens (tertiary/aromatic N) is 1. The van der Waals surface area contributed by atoms with E-state index in [1.807, 2.05) is 18.2 Å². The Balaban J connectivity index is 1.79. The maximum atomic E-state index is 13.1. The normalized spacial score (nSPS) is 10.5. The van der Waals surface area contributed by atoms with Crippen LogP contribution < -0.4 is 10.1 Å². The molecule has 0 radical (unpaired) electrons. The van der Waals surface area contributed by atoms with Gasteiger partial charge in [-0.3, -0.25) is 15.4 Å². The van der Waals surface area contributed by atoms with E-state index in [1.165, 1.54) is 0 Å². The van der Waals surface area contributed by atoms with Crippen molar-refractivity contribution in [2.24, 2.45) is 0 Å². The van der Waals surface area contributed by atoms with Crippen LogP contribution in [0.1, 0.15) is 0 Å². The maximum absolute atomic E-state index is 13.1. The van der Waals surface area contributed by atoms with Gasteiger partial charge in [0.25, 0.3) is 5.69 Å². The topological polar surface area (TPSA) is 81.5 Å². The van der Waals surface area contributed by atoms with Gasteiger partial charge >= 0.3 is 6.09 Å². The van der Waals surface area contributed by atoms with E-state index in [0.717, 1.165) is 33.4 Å². The van der Waals surface area contributed by atoms with Gasteiger partial charge in [0.05, 0.1) is 11.0 Å². The number of hydrogen-bond donors (Lipinski definition) is 1. The number of anilines is 1. The highest BCUT2D eigenvalue weighted by Gasteiger charge is 2.18. The first-order valence-electron chi connectivity index (χ1n) is 7.04. The Morgan fingerprint density at radius 3 is 2.56 bits per heavy atom. The van der Waals surface area contributed by atoms with Crippen molar-refractivity contribution in [1.29, 1.82) is 0 Å². The van der Waals surface area contributed by atoms with Gasteiger partial charge in [0.15, 0.2) is 0 Å². The van der Waals surface area contributed by atoms with E-state index in [9.17, 15) is 19.3 Å². The molecular weight excluding hydrogens is 395 g/mol. The molecule has 1 amide bonds. The molecule has 0 saturated carbocycles. The van der Waals surface area contributed by atoms with E-state index >= 15 is 0 Å². The van der Waals surface area contributed by atoms with Crippen molar-refractivity contribution in [2.75, 3.05) is 5.32 Å². The van der Waals surface area contributed by atoms with E-state index in [2.05, 4.69) is 21.2 Å². The first-order valence-corrected chi connectivity index (χ1v) is 7.84. The zero-order valence-corrected chi connectivity index (χ0v) is 14.1. The van der Waals surface area contributed by atoms with Gasteiger partial charge in [0.1, 0.15) is 17.3 Å². The van der Waals surface area contributed by atoms with E-state index in [1.54, 1.807) is 18.2 Å². The number of amides is 1. The van der Waals surface area contributed by atoms with E-state index in [0.29, 0.717) is 0 Å².